The van der Waals surface area contributed by atoms with Crippen molar-refractivity contribution < 1.29 is 99.7 Å². The van der Waals surface area contributed by atoms with Crippen molar-refractivity contribution in [2.24, 2.45) is 0 Å². The molecule has 0 bridgehead atoms. The van der Waals surface area contributed by atoms with Gasteiger partial charge in [-0.25, -0.2) is 0 Å². The van der Waals surface area contributed by atoms with E-state index in [1.165, 1.54) is 32.1 Å². The normalized spacial score (nSPS) is 7.68. The Morgan fingerprint density at radius 2 is 0.947 bits per heavy atom. The molecule has 0 saturated heterocycles. The summed E-state index contributed by atoms with van der Waals surface area (Å²) in [5.41, 5.74) is 0. The summed E-state index contributed by atoms with van der Waals surface area (Å²) in [6.07, 6.45) is 14.4. The van der Waals surface area contributed by atoms with Crippen LogP contribution in [0.5, 0.6) is 0 Å². The molecule has 0 aliphatic heterocycles. The van der Waals surface area contributed by atoms with Crippen LogP contribution in [0, 0.1) is 0 Å². The smallest absolute Gasteiger partial charge is 1.00 e. The standard InChI is InChI=1S/C8H15O.C6H11O.3Na.H/c1-2-3-4-5-6-7-8-9;1-2-3-4-5-6-7;;;;/h2-7H2,1H3;2-5H2,1H3;;;;/q2*-1;3*+1;-1. The SMILES string of the molecule is CCCCCCC[C-]=O.CCCCC[C-]=O.[H-].[Na+].[Na+].[Na+]. The van der Waals surface area contributed by atoms with E-state index in [1.807, 2.05) is 12.6 Å². The predicted octanol–water partition coefficient (Wildman–Crippen LogP) is -4.74. The maximum Gasteiger partial charge on any atom is 1.00 e. The number of hydrogen-bond donors (Lipinski definition) is 0. The molecule has 2 nitrogen and oxygen atoms in total. The van der Waals surface area contributed by atoms with Crippen LogP contribution in [0.2, 0.25) is 0 Å². The molecule has 0 N–H and O–H groups in total. The largest absolute Gasteiger partial charge is 1.00 e. The fourth-order valence-electron chi connectivity index (χ4n) is 1.25. The van der Waals surface area contributed by atoms with Crippen molar-refractivity contribution in [2.75, 3.05) is 0 Å². The van der Waals surface area contributed by atoms with Gasteiger partial charge in [0.05, 0.1) is 0 Å². The molecule has 0 unspecified atom stereocenters. The van der Waals surface area contributed by atoms with Gasteiger partial charge in [0.1, 0.15) is 0 Å². The van der Waals surface area contributed by atoms with Crippen molar-refractivity contribution in [2.45, 2.75) is 78.1 Å². The van der Waals surface area contributed by atoms with Crippen LogP contribution in [0.1, 0.15) is 79.5 Å². The van der Waals surface area contributed by atoms with Crippen LogP contribution in [0.3, 0.4) is 0 Å². The van der Waals surface area contributed by atoms with Gasteiger partial charge in [-0.1, -0.05) is 65.2 Å². The minimum atomic E-state index is 0. The van der Waals surface area contributed by atoms with Crippen LogP contribution in [0.4, 0.5) is 0 Å². The van der Waals surface area contributed by atoms with Crippen molar-refractivity contribution in [3.63, 3.8) is 0 Å². The summed E-state index contributed by atoms with van der Waals surface area (Å²) in [6, 6.07) is 0. The van der Waals surface area contributed by atoms with Gasteiger partial charge in [0.25, 0.3) is 0 Å². The fraction of sp³-hybridized carbons (Fsp3) is 0.857. The van der Waals surface area contributed by atoms with E-state index in [9.17, 15) is 9.59 Å². The molecule has 98 valence electrons. The van der Waals surface area contributed by atoms with E-state index in [0.29, 0.717) is 12.8 Å². The number of rotatable bonds is 10. The fourth-order valence-corrected chi connectivity index (χ4v) is 1.25. The molecule has 19 heavy (non-hydrogen) atoms. The summed E-state index contributed by atoms with van der Waals surface area (Å²) < 4.78 is 0. The average Bonchev–Trinajstić information content (AvgIpc) is 2.31. The Bertz CT molecular complexity index is 150. The number of hydrogen-bond acceptors (Lipinski definition) is 2. The average molecular weight is 296 g/mol. The summed E-state index contributed by atoms with van der Waals surface area (Å²) in [5, 5.41) is 0. The van der Waals surface area contributed by atoms with E-state index < -0.39 is 0 Å². The third-order valence-electron chi connectivity index (χ3n) is 2.26. The first-order valence-electron chi connectivity index (χ1n) is 6.53. The maximum absolute atomic E-state index is 9.71. The summed E-state index contributed by atoms with van der Waals surface area (Å²) in [5.74, 6) is 0. The topological polar surface area (TPSA) is 34.1 Å². The summed E-state index contributed by atoms with van der Waals surface area (Å²) in [6.45, 7) is 4.30. The zero-order valence-electron chi connectivity index (χ0n) is 14.9. The second-order valence-corrected chi connectivity index (χ2v) is 3.91. The first-order chi connectivity index (χ1) is 7.83. The zero-order chi connectivity index (χ0) is 12.5. The molecule has 0 aromatic rings. The molecule has 0 aromatic heterocycles. The van der Waals surface area contributed by atoms with Crippen LogP contribution < -0.4 is 88.7 Å². The maximum atomic E-state index is 9.71. The third kappa shape index (κ3) is 44.9. The number of carbonyl (C=O) groups excluding carboxylic acids is 2. The van der Waals surface area contributed by atoms with Gasteiger partial charge in [-0.15, -0.1) is 0 Å². The quantitative estimate of drug-likeness (QED) is 0.231. The van der Waals surface area contributed by atoms with Crippen molar-refractivity contribution in [1.82, 2.24) is 0 Å². The molecule has 0 heterocycles. The van der Waals surface area contributed by atoms with Crippen molar-refractivity contribution in [1.29, 1.82) is 0 Å². The van der Waals surface area contributed by atoms with Crippen LogP contribution in [-0.2, 0) is 9.59 Å². The molecule has 5 heteroatoms. The minimum Gasteiger partial charge on any atom is -1.00 e. The van der Waals surface area contributed by atoms with E-state index in [1.54, 1.807) is 0 Å². The van der Waals surface area contributed by atoms with Crippen LogP contribution in [0.15, 0.2) is 0 Å². The molecule has 0 fully saturated rings. The van der Waals surface area contributed by atoms with E-state index in [-0.39, 0.29) is 90.1 Å². The minimum absolute atomic E-state index is 0. The van der Waals surface area contributed by atoms with Crippen LogP contribution in [-0.4, -0.2) is 12.6 Å². The van der Waals surface area contributed by atoms with Crippen LogP contribution >= 0.6 is 0 Å². The van der Waals surface area contributed by atoms with Gasteiger partial charge in [-0.3, -0.25) is 12.6 Å². The van der Waals surface area contributed by atoms with Crippen molar-refractivity contribution in [3.8, 4) is 0 Å². The molecule has 0 atom stereocenters. The van der Waals surface area contributed by atoms with Gasteiger partial charge in [0.15, 0.2) is 0 Å². The van der Waals surface area contributed by atoms with Crippen molar-refractivity contribution in [3.05, 3.63) is 0 Å². The second-order valence-electron chi connectivity index (χ2n) is 3.91. The Morgan fingerprint density at radius 3 is 1.32 bits per heavy atom. The first-order valence-corrected chi connectivity index (χ1v) is 6.53. The number of unbranched alkanes of at least 4 members (excludes halogenated alkanes) is 8. The zero-order valence-corrected chi connectivity index (χ0v) is 19.9. The van der Waals surface area contributed by atoms with E-state index in [2.05, 4.69) is 13.8 Å². The third-order valence-corrected chi connectivity index (χ3v) is 2.26. The Labute approximate surface area is 188 Å². The summed E-state index contributed by atoms with van der Waals surface area (Å²) in [7, 11) is 0. The molecule has 0 spiro atoms. The van der Waals surface area contributed by atoms with E-state index >= 15 is 0 Å². The molecule has 0 aromatic carbocycles. The Hall–Kier alpha value is 2.34. The molecular formula is C14H27Na3O2. The van der Waals surface area contributed by atoms with Gasteiger partial charge in [0.2, 0.25) is 0 Å². The van der Waals surface area contributed by atoms with E-state index in [4.69, 9.17) is 0 Å². The van der Waals surface area contributed by atoms with E-state index in [0.717, 1.165) is 19.3 Å². The molecule has 0 radical (unpaired) electrons. The summed E-state index contributed by atoms with van der Waals surface area (Å²) in [4.78, 5) is 19.3. The van der Waals surface area contributed by atoms with Crippen molar-refractivity contribution >= 4 is 12.6 Å². The van der Waals surface area contributed by atoms with Gasteiger partial charge in [0, 0.05) is 0 Å². The molecule has 0 saturated carbocycles. The second kappa shape index (κ2) is 37.0. The Morgan fingerprint density at radius 1 is 0.632 bits per heavy atom. The van der Waals surface area contributed by atoms with Gasteiger partial charge in [-0.05, 0) is 0 Å². The molecule has 0 amide bonds. The molecule has 0 aliphatic rings. The van der Waals surface area contributed by atoms with Crippen LogP contribution in [0.25, 0.3) is 0 Å². The Balaban J connectivity index is -0.0000000416. The first kappa shape index (κ1) is 33.1. The summed E-state index contributed by atoms with van der Waals surface area (Å²) >= 11 is 0. The predicted molar refractivity (Wildman–Crippen MR) is 70.0 cm³/mol. The Kier molecular flexibility index (Phi) is 64.4. The molecular weight excluding hydrogens is 269 g/mol. The van der Waals surface area contributed by atoms with Gasteiger partial charge < -0.3 is 11.0 Å². The molecule has 0 rings (SSSR count). The monoisotopic (exact) mass is 296 g/mol. The van der Waals surface area contributed by atoms with Gasteiger partial charge >= 0.3 is 88.7 Å². The van der Waals surface area contributed by atoms with Gasteiger partial charge in [-0.2, -0.15) is 12.8 Å². The molecule has 0 aliphatic carbocycles.